The van der Waals surface area contributed by atoms with E-state index in [9.17, 15) is 5.11 Å². The van der Waals surface area contributed by atoms with Crippen LogP contribution in [0.25, 0.3) is 0 Å². The predicted octanol–water partition coefficient (Wildman–Crippen LogP) is 2.20. The Bertz CT molecular complexity index is 294. The Kier molecular flexibility index (Phi) is 3.93. The number of nitrogens with one attached hydrogen (secondary N) is 1. The lowest BCUT2D eigenvalue weighted by molar-refractivity contribution is 0.0795. The molecule has 0 aliphatic heterocycles. The molecule has 78 valence electrons. The zero-order chi connectivity index (χ0) is 10.6. The maximum Gasteiger partial charge on any atom is 0.0715 e. The number of rotatable bonds is 4. The van der Waals surface area contributed by atoms with E-state index in [-0.39, 0.29) is 0 Å². The first-order chi connectivity index (χ1) is 6.49. The van der Waals surface area contributed by atoms with Crippen molar-refractivity contribution in [2.45, 2.75) is 26.0 Å². The molecule has 3 heteroatoms. The number of hydrogen-bond donors (Lipinski definition) is 2. The van der Waals surface area contributed by atoms with Crippen molar-refractivity contribution in [3.63, 3.8) is 0 Å². The lowest BCUT2D eigenvalue weighted by Crippen LogP contribution is -2.34. The monoisotopic (exact) mass is 213 g/mol. The summed E-state index contributed by atoms with van der Waals surface area (Å²) in [6, 6.07) is 7.69. The molecule has 0 saturated carbocycles. The number of hydrogen-bond acceptors (Lipinski definition) is 2. The summed E-state index contributed by atoms with van der Waals surface area (Å²) in [5.41, 5.74) is 0.375. The third kappa shape index (κ3) is 4.09. The molecule has 0 spiro atoms. The zero-order valence-electron chi connectivity index (χ0n) is 8.55. The topological polar surface area (TPSA) is 32.3 Å². The molecule has 0 atom stereocenters. The molecule has 0 unspecified atom stereocenters. The van der Waals surface area contributed by atoms with Crippen molar-refractivity contribution in [1.29, 1.82) is 0 Å². The lowest BCUT2D eigenvalue weighted by Gasteiger charge is -2.17. The van der Waals surface area contributed by atoms with Gasteiger partial charge in [-0.3, -0.25) is 0 Å². The van der Waals surface area contributed by atoms with Gasteiger partial charge in [-0.25, -0.2) is 0 Å². The molecule has 2 nitrogen and oxygen atoms in total. The third-order valence-electron chi connectivity index (χ3n) is 1.83. The highest BCUT2D eigenvalue weighted by Crippen LogP contribution is 2.14. The Morgan fingerprint density at radius 3 is 2.57 bits per heavy atom. The minimum absolute atomic E-state index is 0.554. The highest BCUT2D eigenvalue weighted by atomic mass is 35.5. The average molecular weight is 214 g/mol. The highest BCUT2D eigenvalue weighted by Gasteiger charge is 2.11. The van der Waals surface area contributed by atoms with E-state index in [4.69, 9.17) is 11.6 Å². The second kappa shape index (κ2) is 4.78. The van der Waals surface area contributed by atoms with Gasteiger partial charge in [-0.05, 0) is 25.5 Å². The standard InChI is InChI=1S/C11H16ClNO/c1-11(2,14)8-13-7-9-5-3-4-6-10(9)12/h3-6,13-14H,7-8H2,1-2H3. The van der Waals surface area contributed by atoms with Crippen LogP contribution in [0.3, 0.4) is 0 Å². The van der Waals surface area contributed by atoms with Gasteiger partial charge in [-0.15, -0.1) is 0 Å². The SMILES string of the molecule is CC(C)(O)CNCc1ccccc1Cl. The van der Waals surface area contributed by atoms with Crippen LogP contribution >= 0.6 is 11.6 Å². The predicted molar refractivity (Wildman–Crippen MR) is 59.5 cm³/mol. The van der Waals surface area contributed by atoms with Crippen molar-refractivity contribution in [1.82, 2.24) is 5.32 Å². The van der Waals surface area contributed by atoms with Gasteiger partial charge in [0.1, 0.15) is 0 Å². The molecule has 0 aliphatic carbocycles. The summed E-state index contributed by atoms with van der Waals surface area (Å²) in [7, 11) is 0. The van der Waals surface area contributed by atoms with Gasteiger partial charge in [0.05, 0.1) is 5.60 Å². The van der Waals surface area contributed by atoms with Crippen LogP contribution in [0.5, 0.6) is 0 Å². The second-order valence-electron chi connectivity index (χ2n) is 4.01. The van der Waals surface area contributed by atoms with Gasteiger partial charge in [-0.1, -0.05) is 29.8 Å². The summed E-state index contributed by atoms with van der Waals surface area (Å²) in [6.07, 6.45) is 0. The van der Waals surface area contributed by atoms with Crippen molar-refractivity contribution < 1.29 is 5.11 Å². The van der Waals surface area contributed by atoms with Crippen LogP contribution in [-0.4, -0.2) is 17.3 Å². The second-order valence-corrected chi connectivity index (χ2v) is 4.41. The van der Waals surface area contributed by atoms with E-state index in [1.54, 1.807) is 13.8 Å². The molecule has 0 fully saturated rings. The first-order valence-corrected chi connectivity index (χ1v) is 5.03. The van der Waals surface area contributed by atoms with Crippen molar-refractivity contribution in [2.24, 2.45) is 0 Å². The van der Waals surface area contributed by atoms with Gasteiger partial charge in [0.15, 0.2) is 0 Å². The van der Waals surface area contributed by atoms with E-state index in [1.165, 1.54) is 0 Å². The molecule has 0 radical (unpaired) electrons. The zero-order valence-corrected chi connectivity index (χ0v) is 9.30. The maximum atomic E-state index is 9.47. The quantitative estimate of drug-likeness (QED) is 0.804. The molecule has 0 aliphatic rings. The lowest BCUT2D eigenvalue weighted by atomic mass is 10.1. The molecular weight excluding hydrogens is 198 g/mol. The van der Waals surface area contributed by atoms with Gasteiger partial charge in [0.2, 0.25) is 0 Å². The Hall–Kier alpha value is -0.570. The van der Waals surface area contributed by atoms with Crippen LogP contribution in [0.2, 0.25) is 5.02 Å². The number of aliphatic hydroxyl groups is 1. The summed E-state index contributed by atoms with van der Waals surface area (Å²) in [5.74, 6) is 0. The Morgan fingerprint density at radius 2 is 2.00 bits per heavy atom. The minimum Gasteiger partial charge on any atom is -0.389 e. The van der Waals surface area contributed by atoms with E-state index in [0.29, 0.717) is 13.1 Å². The summed E-state index contributed by atoms with van der Waals surface area (Å²) < 4.78 is 0. The summed E-state index contributed by atoms with van der Waals surface area (Å²) >= 11 is 5.97. The molecule has 0 heterocycles. The van der Waals surface area contributed by atoms with E-state index in [1.807, 2.05) is 24.3 Å². The van der Waals surface area contributed by atoms with Crippen molar-refractivity contribution in [2.75, 3.05) is 6.54 Å². The fraction of sp³-hybridized carbons (Fsp3) is 0.455. The van der Waals surface area contributed by atoms with Gasteiger partial charge < -0.3 is 10.4 Å². The Labute approximate surface area is 89.9 Å². The molecule has 0 saturated heterocycles. The van der Waals surface area contributed by atoms with Crippen LogP contribution in [0, 0.1) is 0 Å². The normalized spacial score (nSPS) is 11.7. The largest absolute Gasteiger partial charge is 0.389 e. The van der Waals surface area contributed by atoms with Crippen LogP contribution in [-0.2, 0) is 6.54 Å². The molecule has 0 bridgehead atoms. The van der Waals surface area contributed by atoms with E-state index >= 15 is 0 Å². The fourth-order valence-electron chi connectivity index (χ4n) is 1.14. The maximum absolute atomic E-state index is 9.47. The van der Waals surface area contributed by atoms with Gasteiger partial charge >= 0.3 is 0 Å². The van der Waals surface area contributed by atoms with Gasteiger partial charge in [0.25, 0.3) is 0 Å². The first-order valence-electron chi connectivity index (χ1n) is 4.65. The van der Waals surface area contributed by atoms with Crippen LogP contribution < -0.4 is 5.32 Å². The molecule has 1 aromatic carbocycles. The van der Waals surface area contributed by atoms with Crippen LogP contribution in [0.4, 0.5) is 0 Å². The molecule has 0 amide bonds. The van der Waals surface area contributed by atoms with Gasteiger partial charge in [0, 0.05) is 18.1 Å². The third-order valence-corrected chi connectivity index (χ3v) is 2.20. The average Bonchev–Trinajstić information content (AvgIpc) is 2.06. The van der Waals surface area contributed by atoms with Crippen molar-refractivity contribution in [3.05, 3.63) is 34.9 Å². The Morgan fingerprint density at radius 1 is 1.36 bits per heavy atom. The Balaban J connectivity index is 2.43. The molecule has 1 rings (SSSR count). The molecular formula is C11H16ClNO. The first kappa shape index (κ1) is 11.5. The van der Waals surface area contributed by atoms with Crippen LogP contribution in [0.1, 0.15) is 19.4 Å². The van der Waals surface area contributed by atoms with Crippen molar-refractivity contribution in [3.8, 4) is 0 Å². The summed E-state index contributed by atoms with van der Waals surface area (Å²) in [5, 5.41) is 13.4. The smallest absolute Gasteiger partial charge is 0.0715 e. The highest BCUT2D eigenvalue weighted by molar-refractivity contribution is 6.31. The summed E-state index contributed by atoms with van der Waals surface area (Å²) in [6.45, 7) is 4.78. The number of benzene rings is 1. The fourth-order valence-corrected chi connectivity index (χ4v) is 1.35. The molecule has 1 aromatic rings. The summed E-state index contributed by atoms with van der Waals surface area (Å²) in [4.78, 5) is 0. The van der Waals surface area contributed by atoms with Crippen LogP contribution in [0.15, 0.2) is 24.3 Å². The van der Waals surface area contributed by atoms with Gasteiger partial charge in [-0.2, -0.15) is 0 Å². The molecule has 14 heavy (non-hydrogen) atoms. The van der Waals surface area contributed by atoms with E-state index < -0.39 is 5.60 Å². The number of halogens is 1. The van der Waals surface area contributed by atoms with E-state index in [2.05, 4.69) is 5.32 Å². The van der Waals surface area contributed by atoms with E-state index in [0.717, 1.165) is 10.6 Å². The molecule has 0 aromatic heterocycles. The molecule has 2 N–H and O–H groups in total. The van der Waals surface area contributed by atoms with Crippen molar-refractivity contribution >= 4 is 11.6 Å². The minimum atomic E-state index is -0.679.